The number of carbonyl (C=O) groups is 3. The fourth-order valence-electron chi connectivity index (χ4n) is 10.5. The van der Waals surface area contributed by atoms with E-state index in [0.717, 1.165) is 36.1 Å². The molecule has 1 aliphatic carbocycles. The number of aliphatic hydroxyl groups excluding tert-OH is 2. The molecule has 66 heavy (non-hydrogen) atoms. The summed E-state index contributed by atoms with van der Waals surface area (Å²) in [6.45, 7) is 20.0. The summed E-state index contributed by atoms with van der Waals surface area (Å²) in [6.07, 6.45) is 13.6. The number of Topliss-reactive ketones (excluding diaryl/α,β-unsaturated/α-hetero) is 1. The van der Waals surface area contributed by atoms with Gasteiger partial charge in [-0.2, -0.15) is 0 Å². The molecule has 0 radical (unpaired) electrons. The van der Waals surface area contributed by atoms with Crippen LogP contribution in [0.15, 0.2) is 53.1 Å². The van der Waals surface area contributed by atoms with Crippen LogP contribution in [0.4, 0.5) is 0 Å². The Bertz CT molecular complexity index is 1670. The monoisotopic (exact) mass is 929 g/mol. The number of rotatable bonds is 25. The lowest BCUT2D eigenvalue weighted by molar-refractivity contribution is -0.265. The van der Waals surface area contributed by atoms with Crippen molar-refractivity contribution in [3.8, 4) is 0 Å². The van der Waals surface area contributed by atoms with E-state index in [4.69, 9.17) is 23.7 Å². The number of likely N-dealkylation sites (tertiary alicyclic amines) is 1. The minimum atomic E-state index is -2.37. The number of piperidine rings is 1. The molecule has 2 heterocycles. The van der Waals surface area contributed by atoms with Gasteiger partial charge in [0, 0.05) is 53.0 Å². The number of methoxy groups -OCH3 is 3. The zero-order valence-electron chi connectivity index (χ0n) is 42.6. The molecular formula is C53H88N2O11. The maximum Gasteiger partial charge on any atom is 0.329 e. The Hall–Kier alpha value is -3.04. The normalized spacial score (nSPS) is 29.2. The van der Waals surface area contributed by atoms with Gasteiger partial charge in [0.2, 0.25) is 5.79 Å². The van der Waals surface area contributed by atoms with Crippen molar-refractivity contribution >= 4 is 23.4 Å². The summed E-state index contributed by atoms with van der Waals surface area (Å²) in [4.78, 5) is 48.7. The Morgan fingerprint density at radius 3 is 2.27 bits per heavy atom. The van der Waals surface area contributed by atoms with E-state index in [1.54, 1.807) is 41.4 Å². The summed E-state index contributed by atoms with van der Waals surface area (Å²) in [5.41, 5.74) is 2.53. The summed E-state index contributed by atoms with van der Waals surface area (Å²) >= 11 is 0. The molecule has 2 saturated heterocycles. The lowest BCUT2D eigenvalue weighted by atomic mass is 9.78. The van der Waals surface area contributed by atoms with Crippen LogP contribution in [0.1, 0.15) is 139 Å². The first-order valence-corrected chi connectivity index (χ1v) is 24.8. The maximum atomic E-state index is 14.4. The largest absolute Gasteiger partial charge is 0.461 e. The highest BCUT2D eigenvalue weighted by Crippen LogP contribution is 2.38. The molecule has 0 aromatic heterocycles. The Balaban J connectivity index is 1.83. The third-order valence-electron chi connectivity index (χ3n) is 14.5. The molecule has 3 fully saturated rings. The fourth-order valence-corrected chi connectivity index (χ4v) is 10.5. The van der Waals surface area contributed by atoms with Crippen molar-refractivity contribution < 1.29 is 53.4 Å². The van der Waals surface area contributed by atoms with E-state index in [1.165, 1.54) is 4.90 Å². The number of esters is 1. The highest BCUT2D eigenvalue weighted by atomic mass is 16.6. The molecule has 0 bridgehead atoms. The minimum absolute atomic E-state index is 0.00370. The van der Waals surface area contributed by atoms with Gasteiger partial charge in [0.15, 0.2) is 0 Å². The van der Waals surface area contributed by atoms with E-state index in [9.17, 15) is 29.7 Å². The predicted molar refractivity (Wildman–Crippen MR) is 260 cm³/mol. The van der Waals surface area contributed by atoms with Crippen LogP contribution in [-0.4, -0.2) is 133 Å². The van der Waals surface area contributed by atoms with Gasteiger partial charge in [-0.1, -0.05) is 78.5 Å². The summed E-state index contributed by atoms with van der Waals surface area (Å²) in [7, 11) is 6.56. The van der Waals surface area contributed by atoms with Gasteiger partial charge in [-0.05, 0) is 132 Å². The smallest absolute Gasteiger partial charge is 0.329 e. The Kier molecular flexibility index (Phi) is 24.2. The predicted octanol–water partition coefficient (Wildman–Crippen LogP) is 8.14. The quantitative estimate of drug-likeness (QED) is 0.0265. The molecule has 3 aliphatic rings. The number of ketones is 1. The van der Waals surface area contributed by atoms with Gasteiger partial charge in [0.1, 0.15) is 24.4 Å². The lowest BCUT2D eigenvalue weighted by Crippen LogP contribution is -2.61. The van der Waals surface area contributed by atoms with Crippen molar-refractivity contribution in [1.82, 2.24) is 4.90 Å². The van der Waals surface area contributed by atoms with Gasteiger partial charge in [-0.25, -0.2) is 4.79 Å². The van der Waals surface area contributed by atoms with Crippen LogP contribution in [0, 0.1) is 35.5 Å². The van der Waals surface area contributed by atoms with E-state index in [0.29, 0.717) is 70.1 Å². The van der Waals surface area contributed by atoms with Gasteiger partial charge in [0.05, 0.1) is 24.4 Å². The van der Waals surface area contributed by atoms with Crippen molar-refractivity contribution in [2.45, 2.75) is 193 Å². The second kappa shape index (κ2) is 27.8. The van der Waals surface area contributed by atoms with Crippen LogP contribution in [-0.2, 0) is 38.1 Å². The van der Waals surface area contributed by atoms with E-state index in [-0.39, 0.29) is 42.4 Å². The highest BCUT2D eigenvalue weighted by Gasteiger charge is 2.53. The maximum absolute atomic E-state index is 14.4. The Morgan fingerprint density at radius 1 is 0.939 bits per heavy atom. The van der Waals surface area contributed by atoms with Crippen molar-refractivity contribution in [2.24, 2.45) is 40.5 Å². The van der Waals surface area contributed by atoms with E-state index >= 15 is 0 Å². The number of hydrogen-bond donors (Lipinski definition) is 3. The molecule has 3 N–H and O–H groups in total. The van der Waals surface area contributed by atoms with E-state index < -0.39 is 65.9 Å². The summed E-state index contributed by atoms with van der Waals surface area (Å²) in [5.74, 6) is -4.84. The molecule has 0 unspecified atom stereocenters. The van der Waals surface area contributed by atoms with Crippen LogP contribution in [0.5, 0.6) is 0 Å². The molecule has 376 valence electrons. The van der Waals surface area contributed by atoms with Crippen LogP contribution in [0.3, 0.4) is 0 Å². The summed E-state index contributed by atoms with van der Waals surface area (Å²) in [5, 5.41) is 34.0. The lowest BCUT2D eigenvalue weighted by Gasteiger charge is -2.42. The molecule has 14 atom stereocenters. The van der Waals surface area contributed by atoms with Crippen LogP contribution in [0.2, 0.25) is 0 Å². The molecule has 1 amide bonds. The standard InChI is InChI=1S/C53H88N2O11/c1-14-15-16-19-35(5)45(62-11)32-41-24-22-39(9)53(61,66-41)50(58)51(59)55-27-18-17-20-42(55)52(60)65-44(36(6)30-40-23-25-43(56)46(31-40)63-12)26-21-34(4)29-38(8)48(57)49(64-13)47(54-10)37(7)28-33(2)3/h14-16,19,29,33-34,36-37,39-46,48-49,56-57,61H,1,17-18,20-28,30-32H2,2-13H3/b16-15+,35-19+,38-29+,54-47?/t34-,36+,37+,39+,40-,41-,42-,43+,44-,45-,46+,48+,49-,53+/m0/s1. The van der Waals surface area contributed by atoms with Crippen LogP contribution in [0.25, 0.3) is 0 Å². The van der Waals surface area contributed by atoms with Crippen LogP contribution < -0.4 is 0 Å². The van der Waals surface area contributed by atoms with E-state index in [2.05, 4.69) is 52.3 Å². The highest BCUT2D eigenvalue weighted by molar-refractivity contribution is 6.39. The number of aliphatic imine (C=N–C) groups is 1. The second-order valence-corrected chi connectivity index (χ2v) is 20.2. The molecule has 0 aromatic carbocycles. The molecule has 3 rings (SSSR count). The van der Waals surface area contributed by atoms with Crippen LogP contribution >= 0.6 is 0 Å². The third kappa shape index (κ3) is 16.0. The summed E-state index contributed by atoms with van der Waals surface area (Å²) < 4.78 is 29.8. The molecule has 0 aromatic rings. The Morgan fingerprint density at radius 2 is 1.65 bits per heavy atom. The molecule has 13 nitrogen and oxygen atoms in total. The number of amides is 1. The zero-order valence-corrected chi connectivity index (χ0v) is 42.6. The molecule has 1 saturated carbocycles. The van der Waals surface area contributed by atoms with Crippen molar-refractivity contribution in [3.05, 3.63) is 48.1 Å². The van der Waals surface area contributed by atoms with Crippen molar-refractivity contribution in [1.29, 1.82) is 0 Å². The molecule has 0 spiro atoms. The zero-order chi connectivity index (χ0) is 49.3. The third-order valence-corrected chi connectivity index (χ3v) is 14.5. The number of aliphatic hydroxyl groups is 3. The van der Waals surface area contributed by atoms with Gasteiger partial charge in [0.25, 0.3) is 11.7 Å². The average molecular weight is 929 g/mol. The number of allylic oxidation sites excluding steroid dienone is 5. The first kappa shape index (κ1) is 57.3. The van der Waals surface area contributed by atoms with Gasteiger partial charge in [-0.3, -0.25) is 14.6 Å². The van der Waals surface area contributed by atoms with Gasteiger partial charge in [-0.15, -0.1) is 0 Å². The Labute approximate surface area is 397 Å². The topological polar surface area (TPSA) is 174 Å². The average Bonchev–Trinajstić information content (AvgIpc) is 3.29. The van der Waals surface area contributed by atoms with Gasteiger partial charge < -0.3 is 43.9 Å². The molecule has 2 aliphatic heterocycles. The SMILES string of the molecule is C=C/C=C/C=C(\C)[C@H](C[C@@H]1CC[C@@H](C)[C@](O)(C(=O)C(=O)N2CCCC[C@H]2C(=O)O[C@@H](CC[C@H](C)/C=C(\C)[C@@H](O)[C@@H](OC)C(=NC)[C@H](C)CC(C)C)[C@H](C)C[C@@H]2CC[C@@H](O)[C@H](OC)C2)O1)OC. The number of carbonyl (C=O) groups excluding carboxylic acids is 3. The first-order valence-electron chi connectivity index (χ1n) is 24.8. The van der Waals surface area contributed by atoms with E-state index in [1.807, 2.05) is 32.1 Å². The van der Waals surface area contributed by atoms with Gasteiger partial charge >= 0.3 is 5.97 Å². The number of ether oxygens (including phenoxy) is 5. The van der Waals surface area contributed by atoms with Crippen molar-refractivity contribution in [3.63, 3.8) is 0 Å². The number of hydrogen-bond acceptors (Lipinski definition) is 12. The fraction of sp³-hybridized carbons (Fsp3) is 0.774. The first-order chi connectivity index (χ1) is 31.3. The summed E-state index contributed by atoms with van der Waals surface area (Å²) in [6, 6.07) is -1.01. The molecule has 13 heteroatoms. The number of nitrogens with zero attached hydrogens (tertiary/aromatic N) is 2. The minimum Gasteiger partial charge on any atom is -0.461 e. The second-order valence-electron chi connectivity index (χ2n) is 20.2. The van der Waals surface area contributed by atoms with Crippen molar-refractivity contribution in [2.75, 3.05) is 34.9 Å². The molecular weight excluding hydrogens is 841 g/mol.